The standard InChI is InChI=1S/C11H14FNO2S/c1-8(13-14)10-4-3-9(12)7-11(10)15-5-6-16-2/h3-4,7,14H,5-6H2,1-2H3/b13-8+. The maximum atomic E-state index is 13.0. The quantitative estimate of drug-likeness (QED) is 0.374. The molecule has 0 aromatic heterocycles. The number of oxime groups is 1. The molecule has 0 aliphatic heterocycles. The van der Waals surface area contributed by atoms with E-state index in [4.69, 9.17) is 9.94 Å². The van der Waals surface area contributed by atoms with Gasteiger partial charge in [-0.25, -0.2) is 4.39 Å². The maximum absolute atomic E-state index is 13.0. The van der Waals surface area contributed by atoms with Crippen molar-refractivity contribution in [1.82, 2.24) is 0 Å². The number of nitrogens with zero attached hydrogens (tertiary/aromatic N) is 1. The average Bonchev–Trinajstić information content (AvgIpc) is 2.29. The number of thioether (sulfide) groups is 1. The molecule has 0 fully saturated rings. The molecule has 0 saturated carbocycles. The smallest absolute Gasteiger partial charge is 0.131 e. The van der Waals surface area contributed by atoms with E-state index >= 15 is 0 Å². The van der Waals surface area contributed by atoms with Gasteiger partial charge in [0.25, 0.3) is 0 Å². The van der Waals surface area contributed by atoms with Gasteiger partial charge in [-0.1, -0.05) is 5.16 Å². The van der Waals surface area contributed by atoms with Crippen LogP contribution in [-0.4, -0.2) is 29.5 Å². The zero-order valence-electron chi connectivity index (χ0n) is 9.24. The molecule has 0 aliphatic carbocycles. The fraction of sp³-hybridized carbons (Fsp3) is 0.364. The van der Waals surface area contributed by atoms with Gasteiger partial charge in [0.05, 0.1) is 12.3 Å². The lowest BCUT2D eigenvalue weighted by molar-refractivity contribution is 0.317. The predicted molar refractivity (Wildman–Crippen MR) is 64.3 cm³/mol. The van der Waals surface area contributed by atoms with E-state index in [1.165, 1.54) is 12.1 Å². The minimum atomic E-state index is -0.367. The SMILES string of the molecule is CSCCOc1cc(F)ccc1/C(C)=N/O. The molecule has 0 saturated heterocycles. The first-order valence-electron chi connectivity index (χ1n) is 4.79. The van der Waals surface area contributed by atoms with Crippen molar-refractivity contribution in [2.75, 3.05) is 18.6 Å². The Morgan fingerprint density at radius 3 is 2.94 bits per heavy atom. The summed E-state index contributed by atoms with van der Waals surface area (Å²) in [5, 5.41) is 11.8. The van der Waals surface area contributed by atoms with Crippen LogP contribution < -0.4 is 4.74 Å². The van der Waals surface area contributed by atoms with Crippen molar-refractivity contribution in [1.29, 1.82) is 0 Å². The van der Waals surface area contributed by atoms with Gasteiger partial charge in [-0.05, 0) is 25.3 Å². The van der Waals surface area contributed by atoms with E-state index in [1.807, 2.05) is 6.26 Å². The summed E-state index contributed by atoms with van der Waals surface area (Å²) >= 11 is 1.65. The van der Waals surface area contributed by atoms with Crippen molar-refractivity contribution in [3.63, 3.8) is 0 Å². The predicted octanol–water partition coefficient (Wildman–Crippen LogP) is 2.77. The highest BCUT2D eigenvalue weighted by atomic mass is 32.2. The van der Waals surface area contributed by atoms with E-state index in [2.05, 4.69) is 5.16 Å². The molecule has 3 nitrogen and oxygen atoms in total. The summed E-state index contributed by atoms with van der Waals surface area (Å²) in [4.78, 5) is 0. The van der Waals surface area contributed by atoms with Gasteiger partial charge in [0, 0.05) is 17.4 Å². The molecule has 0 radical (unpaired) electrons. The third-order valence-electron chi connectivity index (χ3n) is 2.03. The summed E-state index contributed by atoms with van der Waals surface area (Å²) in [6.07, 6.45) is 1.97. The Labute approximate surface area is 98.3 Å². The summed E-state index contributed by atoms with van der Waals surface area (Å²) < 4.78 is 18.5. The minimum Gasteiger partial charge on any atom is -0.492 e. The second-order valence-corrected chi connectivity index (χ2v) is 4.15. The van der Waals surface area contributed by atoms with Crippen LogP contribution in [0.2, 0.25) is 0 Å². The topological polar surface area (TPSA) is 41.8 Å². The van der Waals surface area contributed by atoms with Crippen LogP contribution in [0.4, 0.5) is 4.39 Å². The van der Waals surface area contributed by atoms with Gasteiger partial charge in [0.2, 0.25) is 0 Å². The summed E-state index contributed by atoms with van der Waals surface area (Å²) in [6, 6.07) is 4.15. The Morgan fingerprint density at radius 2 is 2.31 bits per heavy atom. The third-order valence-corrected chi connectivity index (χ3v) is 2.60. The molecule has 1 N–H and O–H groups in total. The molecule has 0 atom stereocenters. The molecule has 88 valence electrons. The van der Waals surface area contributed by atoms with Gasteiger partial charge < -0.3 is 9.94 Å². The number of hydrogen-bond donors (Lipinski definition) is 1. The van der Waals surface area contributed by atoms with Crippen LogP contribution in [0.3, 0.4) is 0 Å². The van der Waals surface area contributed by atoms with E-state index in [1.54, 1.807) is 24.8 Å². The highest BCUT2D eigenvalue weighted by molar-refractivity contribution is 7.98. The van der Waals surface area contributed by atoms with Crippen molar-refractivity contribution >= 4 is 17.5 Å². The molecule has 0 heterocycles. The van der Waals surface area contributed by atoms with Gasteiger partial charge in [-0.2, -0.15) is 11.8 Å². The molecule has 0 unspecified atom stereocenters. The second-order valence-electron chi connectivity index (χ2n) is 3.17. The molecule has 5 heteroatoms. The van der Waals surface area contributed by atoms with Crippen molar-refractivity contribution in [2.45, 2.75) is 6.92 Å². The van der Waals surface area contributed by atoms with Crippen molar-refractivity contribution in [3.8, 4) is 5.75 Å². The maximum Gasteiger partial charge on any atom is 0.131 e. The first kappa shape index (κ1) is 12.8. The van der Waals surface area contributed by atoms with Crippen LogP contribution in [0.15, 0.2) is 23.4 Å². The Morgan fingerprint density at radius 1 is 1.56 bits per heavy atom. The van der Waals surface area contributed by atoms with E-state index in [9.17, 15) is 4.39 Å². The molecule has 0 bridgehead atoms. The number of benzene rings is 1. The Hall–Kier alpha value is -1.23. The Bertz CT molecular complexity index is 382. The highest BCUT2D eigenvalue weighted by Crippen LogP contribution is 2.21. The first-order chi connectivity index (χ1) is 7.69. The van der Waals surface area contributed by atoms with Gasteiger partial charge in [0.15, 0.2) is 0 Å². The lowest BCUT2D eigenvalue weighted by atomic mass is 10.1. The second kappa shape index (κ2) is 6.37. The van der Waals surface area contributed by atoms with Crippen molar-refractivity contribution in [2.24, 2.45) is 5.16 Å². The molecule has 0 aliphatic rings. The lowest BCUT2D eigenvalue weighted by Gasteiger charge is -2.10. The molecule has 16 heavy (non-hydrogen) atoms. The third kappa shape index (κ3) is 3.41. The first-order valence-corrected chi connectivity index (χ1v) is 6.18. The molecule has 1 rings (SSSR count). The van der Waals surface area contributed by atoms with Crippen LogP contribution in [-0.2, 0) is 0 Å². The number of halogens is 1. The number of ether oxygens (including phenoxy) is 1. The summed E-state index contributed by atoms with van der Waals surface area (Å²) in [6.45, 7) is 2.13. The van der Waals surface area contributed by atoms with Gasteiger partial charge in [-0.15, -0.1) is 0 Å². The zero-order valence-corrected chi connectivity index (χ0v) is 10.1. The van der Waals surface area contributed by atoms with Crippen LogP contribution in [0, 0.1) is 5.82 Å². The van der Waals surface area contributed by atoms with E-state index in [0.29, 0.717) is 23.6 Å². The fourth-order valence-corrected chi connectivity index (χ4v) is 1.45. The molecule has 1 aromatic carbocycles. The van der Waals surface area contributed by atoms with Crippen LogP contribution in [0.1, 0.15) is 12.5 Å². The lowest BCUT2D eigenvalue weighted by Crippen LogP contribution is -2.05. The minimum absolute atomic E-state index is 0.367. The number of hydrogen-bond acceptors (Lipinski definition) is 4. The summed E-state index contributed by atoms with van der Waals surface area (Å²) in [5.41, 5.74) is 1.00. The normalized spacial score (nSPS) is 11.6. The molecule has 1 aromatic rings. The average molecular weight is 243 g/mol. The van der Waals surface area contributed by atoms with E-state index in [-0.39, 0.29) is 5.82 Å². The van der Waals surface area contributed by atoms with Crippen molar-refractivity contribution < 1.29 is 14.3 Å². The Kier molecular flexibility index (Phi) is 5.11. The van der Waals surface area contributed by atoms with Crippen molar-refractivity contribution in [3.05, 3.63) is 29.6 Å². The monoisotopic (exact) mass is 243 g/mol. The molecule has 0 spiro atoms. The molecular formula is C11H14FNO2S. The van der Waals surface area contributed by atoms with Crippen LogP contribution in [0.25, 0.3) is 0 Å². The summed E-state index contributed by atoms with van der Waals surface area (Å²) in [5.74, 6) is 0.864. The van der Waals surface area contributed by atoms with E-state index in [0.717, 1.165) is 5.75 Å². The van der Waals surface area contributed by atoms with E-state index < -0.39 is 0 Å². The van der Waals surface area contributed by atoms with Gasteiger partial charge >= 0.3 is 0 Å². The fourth-order valence-electron chi connectivity index (χ4n) is 1.20. The van der Waals surface area contributed by atoms with Gasteiger partial charge in [0.1, 0.15) is 11.6 Å². The van der Waals surface area contributed by atoms with Gasteiger partial charge in [-0.3, -0.25) is 0 Å². The summed E-state index contributed by atoms with van der Waals surface area (Å²) in [7, 11) is 0. The van der Waals surface area contributed by atoms with Crippen LogP contribution >= 0.6 is 11.8 Å². The van der Waals surface area contributed by atoms with Crippen LogP contribution in [0.5, 0.6) is 5.75 Å². The largest absolute Gasteiger partial charge is 0.492 e. The zero-order chi connectivity index (χ0) is 12.0. The highest BCUT2D eigenvalue weighted by Gasteiger charge is 2.08. The molecule has 0 amide bonds. The molecular weight excluding hydrogens is 229 g/mol. The number of rotatable bonds is 5. The Balaban J connectivity index is 2.90.